The van der Waals surface area contributed by atoms with Crippen molar-refractivity contribution >= 4 is 23.2 Å². The predicted octanol–water partition coefficient (Wildman–Crippen LogP) is 6.24. The summed E-state index contributed by atoms with van der Waals surface area (Å²) in [6, 6.07) is 49.8. The Morgan fingerprint density at radius 1 is 0.438 bits per heavy atom. The second-order valence-corrected chi connectivity index (χ2v) is 11.3. The molecular formula is C30H25NP+. The lowest BCUT2D eigenvalue weighted by atomic mass is 10.1. The summed E-state index contributed by atoms with van der Waals surface area (Å²) in [5, 5.41) is 4.14. The second-order valence-electron chi connectivity index (χ2n) is 7.85. The van der Waals surface area contributed by atoms with Crippen molar-refractivity contribution in [2.75, 3.05) is 0 Å². The van der Waals surface area contributed by atoms with Crippen LogP contribution < -0.4 is 15.9 Å². The Hall–Kier alpha value is -3.54. The van der Waals surface area contributed by atoms with Crippen LogP contribution in [0.15, 0.2) is 140 Å². The third-order valence-electron chi connectivity index (χ3n) is 5.87. The molecule has 0 unspecified atom stereocenters. The summed E-state index contributed by atoms with van der Waals surface area (Å²) < 4.78 is 0. The van der Waals surface area contributed by atoms with Crippen LogP contribution in [0.2, 0.25) is 0 Å². The molecule has 0 aliphatic carbocycles. The van der Waals surface area contributed by atoms with Crippen molar-refractivity contribution in [3.63, 3.8) is 0 Å². The number of hydrogen-bond donors (Lipinski definition) is 0. The minimum absolute atomic E-state index is 0.881. The maximum atomic E-state index is 5.13. The first kappa shape index (κ1) is 20.4. The van der Waals surface area contributed by atoms with E-state index >= 15 is 0 Å². The third kappa shape index (κ3) is 4.00. The summed E-state index contributed by atoms with van der Waals surface area (Å²) in [4.78, 5) is 5.13. The van der Waals surface area contributed by atoms with Crippen molar-refractivity contribution in [1.29, 1.82) is 0 Å². The van der Waals surface area contributed by atoms with Gasteiger partial charge in [-0.05, 0) is 48.5 Å². The van der Waals surface area contributed by atoms with Crippen LogP contribution in [-0.2, 0) is 6.16 Å². The molecule has 0 bridgehead atoms. The highest BCUT2D eigenvalue weighted by Crippen LogP contribution is 2.57. The quantitative estimate of drug-likeness (QED) is 0.291. The van der Waals surface area contributed by atoms with E-state index in [1.54, 1.807) is 0 Å². The highest BCUT2D eigenvalue weighted by molar-refractivity contribution is 7.95. The molecule has 1 heterocycles. The summed E-state index contributed by atoms with van der Waals surface area (Å²) in [7, 11) is -1.95. The predicted molar refractivity (Wildman–Crippen MR) is 139 cm³/mol. The van der Waals surface area contributed by atoms with Gasteiger partial charge in [-0.25, -0.2) is 4.98 Å². The Bertz CT molecular complexity index is 1170. The molecule has 0 spiro atoms. The Morgan fingerprint density at radius 3 is 1.34 bits per heavy atom. The van der Waals surface area contributed by atoms with Crippen molar-refractivity contribution in [3.8, 4) is 11.3 Å². The van der Waals surface area contributed by atoms with Crippen LogP contribution >= 0.6 is 7.26 Å². The van der Waals surface area contributed by atoms with Gasteiger partial charge in [-0.15, -0.1) is 0 Å². The molecule has 5 rings (SSSR count). The molecule has 1 aromatic heterocycles. The maximum Gasteiger partial charge on any atom is 0.118 e. The Morgan fingerprint density at radius 2 is 0.875 bits per heavy atom. The van der Waals surface area contributed by atoms with E-state index < -0.39 is 7.26 Å². The van der Waals surface area contributed by atoms with Crippen molar-refractivity contribution in [2.45, 2.75) is 6.16 Å². The van der Waals surface area contributed by atoms with Gasteiger partial charge in [0.05, 0.1) is 11.4 Å². The third-order valence-corrected chi connectivity index (χ3v) is 10.2. The van der Waals surface area contributed by atoms with Crippen molar-refractivity contribution < 1.29 is 0 Å². The van der Waals surface area contributed by atoms with Crippen LogP contribution in [0.1, 0.15) is 5.69 Å². The first-order valence-electron chi connectivity index (χ1n) is 10.9. The first-order valence-corrected chi connectivity index (χ1v) is 12.9. The van der Waals surface area contributed by atoms with Gasteiger partial charge in [0, 0.05) is 5.56 Å². The standard InChI is InChI=1S/C30H25NP/c1-5-14-25(15-6-1)30-23-13-16-26(31-30)24-32(27-17-7-2-8-18-27,28-19-9-3-10-20-28)29-21-11-4-12-22-29/h1-23H,24H2/q+1. The van der Waals surface area contributed by atoms with Gasteiger partial charge in [0.2, 0.25) is 0 Å². The van der Waals surface area contributed by atoms with Gasteiger partial charge in [0.15, 0.2) is 0 Å². The summed E-state index contributed by atoms with van der Waals surface area (Å²) in [6.45, 7) is 0. The fourth-order valence-corrected chi connectivity index (χ4v) is 8.50. The number of aromatic nitrogens is 1. The fourth-order valence-electron chi connectivity index (χ4n) is 4.35. The highest BCUT2D eigenvalue weighted by Gasteiger charge is 2.45. The molecule has 0 saturated carbocycles. The SMILES string of the molecule is c1ccc(-c2cccc(C[P+](c3ccccc3)(c3ccccc3)c3ccccc3)n2)cc1. The molecule has 5 aromatic rings. The molecule has 0 amide bonds. The molecule has 0 radical (unpaired) electrons. The molecule has 32 heavy (non-hydrogen) atoms. The zero-order chi connectivity index (χ0) is 21.6. The van der Waals surface area contributed by atoms with Crippen LogP contribution in [0.4, 0.5) is 0 Å². The fraction of sp³-hybridized carbons (Fsp3) is 0.0333. The normalized spacial score (nSPS) is 11.2. The molecule has 2 heteroatoms. The topological polar surface area (TPSA) is 12.9 Å². The number of benzene rings is 4. The minimum atomic E-state index is -1.95. The lowest BCUT2D eigenvalue weighted by molar-refractivity contribution is 1.17. The van der Waals surface area contributed by atoms with E-state index in [0.29, 0.717) is 0 Å². The van der Waals surface area contributed by atoms with E-state index in [1.165, 1.54) is 15.9 Å². The monoisotopic (exact) mass is 430 g/mol. The summed E-state index contributed by atoms with van der Waals surface area (Å²) in [5.41, 5.74) is 3.30. The first-order chi connectivity index (χ1) is 15.9. The van der Waals surface area contributed by atoms with Gasteiger partial charge in [-0.1, -0.05) is 91.0 Å². The highest BCUT2D eigenvalue weighted by atomic mass is 31.2. The molecule has 154 valence electrons. The van der Waals surface area contributed by atoms with Gasteiger partial charge >= 0.3 is 0 Å². The molecule has 0 aliphatic heterocycles. The van der Waals surface area contributed by atoms with Crippen LogP contribution in [0, 0.1) is 0 Å². The average Bonchev–Trinajstić information content (AvgIpc) is 2.89. The molecular weight excluding hydrogens is 405 g/mol. The molecule has 1 nitrogen and oxygen atoms in total. The number of nitrogens with zero attached hydrogens (tertiary/aromatic N) is 1. The van der Waals surface area contributed by atoms with E-state index in [-0.39, 0.29) is 0 Å². The summed E-state index contributed by atoms with van der Waals surface area (Å²) in [6.07, 6.45) is 0.881. The Kier molecular flexibility index (Phi) is 5.92. The van der Waals surface area contributed by atoms with Crippen molar-refractivity contribution in [1.82, 2.24) is 4.98 Å². The van der Waals surface area contributed by atoms with Crippen LogP contribution in [0.3, 0.4) is 0 Å². The van der Waals surface area contributed by atoms with Crippen LogP contribution in [-0.4, -0.2) is 4.98 Å². The van der Waals surface area contributed by atoms with E-state index in [2.05, 4.69) is 133 Å². The smallest absolute Gasteiger partial charge is 0.118 e. The van der Waals surface area contributed by atoms with E-state index in [1.807, 2.05) is 6.07 Å². The molecule has 0 saturated heterocycles. The Labute approximate surface area is 190 Å². The number of rotatable bonds is 6. The number of pyridine rings is 1. The van der Waals surface area contributed by atoms with Crippen LogP contribution in [0.5, 0.6) is 0 Å². The zero-order valence-electron chi connectivity index (χ0n) is 17.9. The van der Waals surface area contributed by atoms with E-state index in [4.69, 9.17) is 4.98 Å². The minimum Gasteiger partial charge on any atom is -0.249 e. The average molecular weight is 431 g/mol. The van der Waals surface area contributed by atoms with Gasteiger partial charge in [-0.3, -0.25) is 0 Å². The van der Waals surface area contributed by atoms with Crippen LogP contribution in [0.25, 0.3) is 11.3 Å². The van der Waals surface area contributed by atoms with Gasteiger partial charge in [0.1, 0.15) is 29.3 Å². The number of hydrogen-bond acceptors (Lipinski definition) is 1. The molecule has 4 aromatic carbocycles. The molecule has 0 atom stereocenters. The van der Waals surface area contributed by atoms with E-state index in [9.17, 15) is 0 Å². The molecule has 0 fully saturated rings. The lowest BCUT2D eigenvalue weighted by Crippen LogP contribution is -2.32. The summed E-state index contributed by atoms with van der Waals surface area (Å²) in [5.74, 6) is 0. The maximum absolute atomic E-state index is 5.13. The van der Waals surface area contributed by atoms with Gasteiger partial charge in [-0.2, -0.15) is 0 Å². The van der Waals surface area contributed by atoms with Gasteiger partial charge < -0.3 is 0 Å². The van der Waals surface area contributed by atoms with E-state index in [0.717, 1.165) is 23.1 Å². The molecule has 0 N–H and O–H groups in total. The summed E-state index contributed by atoms with van der Waals surface area (Å²) >= 11 is 0. The lowest BCUT2D eigenvalue weighted by Gasteiger charge is -2.27. The zero-order valence-corrected chi connectivity index (χ0v) is 18.8. The Balaban J connectivity index is 1.71. The second kappa shape index (κ2) is 9.30. The van der Waals surface area contributed by atoms with Crippen molar-refractivity contribution in [2.24, 2.45) is 0 Å². The largest absolute Gasteiger partial charge is 0.249 e. The van der Waals surface area contributed by atoms with Crippen molar-refractivity contribution in [3.05, 3.63) is 145 Å². The molecule has 0 aliphatic rings. The van der Waals surface area contributed by atoms with Gasteiger partial charge in [0.25, 0.3) is 0 Å².